The minimum absolute atomic E-state index is 0.00933. The first-order valence-electron chi connectivity index (χ1n) is 6.21. The molecule has 2 rings (SSSR count). The summed E-state index contributed by atoms with van der Waals surface area (Å²) >= 11 is 0. The summed E-state index contributed by atoms with van der Waals surface area (Å²) in [6.45, 7) is 4.13. The molecule has 1 aliphatic carbocycles. The van der Waals surface area contributed by atoms with Crippen molar-refractivity contribution in [3.63, 3.8) is 0 Å². The van der Waals surface area contributed by atoms with E-state index in [1.165, 1.54) is 5.56 Å². The number of hydrogen-bond acceptors (Lipinski definition) is 2. The van der Waals surface area contributed by atoms with Crippen LogP contribution in [0.3, 0.4) is 0 Å². The average molecular weight is 232 g/mol. The fourth-order valence-electron chi connectivity index (χ4n) is 1.88. The van der Waals surface area contributed by atoms with Gasteiger partial charge in [-0.2, -0.15) is 0 Å². The number of amides is 1. The third-order valence-corrected chi connectivity index (χ3v) is 3.43. The number of aryl methyl sites for hydroxylation is 1. The molecule has 1 fully saturated rings. The Hall–Kier alpha value is -1.35. The van der Waals surface area contributed by atoms with Crippen LogP contribution >= 0.6 is 0 Å². The first-order chi connectivity index (χ1) is 8.05. The zero-order valence-corrected chi connectivity index (χ0v) is 10.5. The molecule has 0 radical (unpaired) electrons. The van der Waals surface area contributed by atoms with Gasteiger partial charge in [-0.05, 0) is 31.7 Å². The van der Waals surface area contributed by atoms with Crippen molar-refractivity contribution in [3.8, 4) is 0 Å². The molecule has 1 atom stereocenters. The van der Waals surface area contributed by atoms with Gasteiger partial charge in [-0.25, -0.2) is 0 Å². The molecule has 0 spiro atoms. The second-order valence-corrected chi connectivity index (χ2v) is 5.00. The van der Waals surface area contributed by atoms with Crippen molar-refractivity contribution in [2.75, 3.05) is 0 Å². The second kappa shape index (κ2) is 4.49. The lowest BCUT2D eigenvalue weighted by Crippen LogP contribution is -2.44. The molecule has 3 nitrogen and oxygen atoms in total. The molecule has 1 saturated carbocycles. The monoisotopic (exact) mass is 232 g/mol. The van der Waals surface area contributed by atoms with E-state index in [0.29, 0.717) is 0 Å². The van der Waals surface area contributed by atoms with Gasteiger partial charge in [0, 0.05) is 0 Å². The van der Waals surface area contributed by atoms with Crippen molar-refractivity contribution in [3.05, 3.63) is 35.4 Å². The Bertz CT molecular complexity index is 407. The summed E-state index contributed by atoms with van der Waals surface area (Å²) in [5.41, 5.74) is 7.68. The average Bonchev–Trinajstić information content (AvgIpc) is 3.07. The molecule has 1 aromatic rings. The van der Waals surface area contributed by atoms with Crippen LogP contribution in [0.1, 0.15) is 43.4 Å². The molecule has 3 heteroatoms. The van der Waals surface area contributed by atoms with Gasteiger partial charge in [0.1, 0.15) is 0 Å². The standard InChI is InChI=1S/C14H20N2O/c1-3-12(11-6-4-10(2)5-7-11)16-13(17)14(15)8-9-14/h4-7,12H,3,8-9,15H2,1-2H3,(H,16,17). The summed E-state index contributed by atoms with van der Waals surface area (Å²) in [4.78, 5) is 11.9. The first-order valence-corrected chi connectivity index (χ1v) is 6.21. The summed E-state index contributed by atoms with van der Waals surface area (Å²) in [5.74, 6) is -0.00933. The number of benzene rings is 1. The summed E-state index contributed by atoms with van der Waals surface area (Å²) in [6.07, 6.45) is 2.50. The minimum atomic E-state index is -0.585. The van der Waals surface area contributed by atoms with Crippen LogP contribution in [0.15, 0.2) is 24.3 Å². The topological polar surface area (TPSA) is 55.1 Å². The van der Waals surface area contributed by atoms with Crippen molar-refractivity contribution in [1.82, 2.24) is 5.32 Å². The van der Waals surface area contributed by atoms with Crippen molar-refractivity contribution >= 4 is 5.91 Å². The van der Waals surface area contributed by atoms with E-state index < -0.39 is 5.54 Å². The molecule has 0 aliphatic heterocycles. The van der Waals surface area contributed by atoms with E-state index in [1.807, 2.05) is 0 Å². The number of carbonyl (C=O) groups is 1. The molecule has 1 unspecified atom stereocenters. The lowest BCUT2D eigenvalue weighted by molar-refractivity contribution is -0.124. The van der Waals surface area contributed by atoms with Gasteiger partial charge in [0.2, 0.25) is 5.91 Å². The van der Waals surface area contributed by atoms with Crippen molar-refractivity contribution in [2.45, 2.75) is 44.7 Å². The third-order valence-electron chi connectivity index (χ3n) is 3.43. The SMILES string of the molecule is CCC(NC(=O)C1(N)CC1)c1ccc(C)cc1. The van der Waals surface area contributed by atoms with E-state index in [0.717, 1.165) is 24.8 Å². The van der Waals surface area contributed by atoms with E-state index in [-0.39, 0.29) is 11.9 Å². The van der Waals surface area contributed by atoms with Gasteiger partial charge in [-0.15, -0.1) is 0 Å². The van der Waals surface area contributed by atoms with Crippen LogP contribution in [0.5, 0.6) is 0 Å². The van der Waals surface area contributed by atoms with Crippen LogP contribution in [-0.2, 0) is 4.79 Å². The molecule has 0 bridgehead atoms. The van der Waals surface area contributed by atoms with Gasteiger partial charge in [0.05, 0.1) is 11.6 Å². The van der Waals surface area contributed by atoms with E-state index in [9.17, 15) is 4.79 Å². The molecule has 1 amide bonds. The molecule has 1 aliphatic rings. The minimum Gasteiger partial charge on any atom is -0.348 e. The molecule has 92 valence electrons. The van der Waals surface area contributed by atoms with Crippen LogP contribution in [0.4, 0.5) is 0 Å². The predicted octanol–water partition coefficient (Wildman–Crippen LogP) is 2.05. The number of nitrogens with one attached hydrogen (secondary N) is 1. The molecule has 0 heterocycles. The highest BCUT2D eigenvalue weighted by molar-refractivity contribution is 5.89. The summed E-state index contributed by atoms with van der Waals surface area (Å²) in [7, 11) is 0. The van der Waals surface area contributed by atoms with Crippen LogP contribution < -0.4 is 11.1 Å². The molecule has 0 aromatic heterocycles. The van der Waals surface area contributed by atoms with Gasteiger partial charge in [-0.1, -0.05) is 36.8 Å². The maximum absolute atomic E-state index is 11.9. The van der Waals surface area contributed by atoms with Crippen LogP contribution in [0, 0.1) is 6.92 Å². The van der Waals surface area contributed by atoms with Crippen molar-refractivity contribution in [2.24, 2.45) is 5.73 Å². The van der Waals surface area contributed by atoms with E-state index in [1.54, 1.807) is 0 Å². The zero-order valence-electron chi connectivity index (χ0n) is 10.5. The lowest BCUT2D eigenvalue weighted by Gasteiger charge is -2.20. The summed E-state index contributed by atoms with van der Waals surface area (Å²) in [5, 5.41) is 3.04. The zero-order chi connectivity index (χ0) is 12.5. The van der Waals surface area contributed by atoms with Gasteiger partial charge < -0.3 is 11.1 Å². The molecule has 17 heavy (non-hydrogen) atoms. The van der Waals surface area contributed by atoms with Gasteiger partial charge in [0.15, 0.2) is 0 Å². The van der Waals surface area contributed by atoms with E-state index in [2.05, 4.69) is 43.4 Å². The number of hydrogen-bond donors (Lipinski definition) is 2. The van der Waals surface area contributed by atoms with Crippen LogP contribution in [0.25, 0.3) is 0 Å². The maximum Gasteiger partial charge on any atom is 0.240 e. The highest BCUT2D eigenvalue weighted by Crippen LogP contribution is 2.33. The molecular weight excluding hydrogens is 212 g/mol. The van der Waals surface area contributed by atoms with E-state index >= 15 is 0 Å². The Morgan fingerprint density at radius 1 is 1.41 bits per heavy atom. The highest BCUT2D eigenvalue weighted by Gasteiger charge is 2.46. The maximum atomic E-state index is 11.9. The van der Waals surface area contributed by atoms with Crippen LogP contribution in [0.2, 0.25) is 0 Å². The smallest absolute Gasteiger partial charge is 0.240 e. The van der Waals surface area contributed by atoms with E-state index in [4.69, 9.17) is 5.73 Å². The van der Waals surface area contributed by atoms with Gasteiger partial charge in [0.25, 0.3) is 0 Å². The fraction of sp³-hybridized carbons (Fsp3) is 0.500. The van der Waals surface area contributed by atoms with Crippen molar-refractivity contribution in [1.29, 1.82) is 0 Å². The van der Waals surface area contributed by atoms with Crippen LogP contribution in [-0.4, -0.2) is 11.4 Å². The van der Waals surface area contributed by atoms with Gasteiger partial charge in [-0.3, -0.25) is 4.79 Å². The Kier molecular flexibility index (Phi) is 3.20. The lowest BCUT2D eigenvalue weighted by atomic mass is 10.0. The summed E-state index contributed by atoms with van der Waals surface area (Å²) in [6, 6.07) is 8.35. The molecule has 0 saturated heterocycles. The Morgan fingerprint density at radius 2 is 2.00 bits per heavy atom. The number of carbonyl (C=O) groups excluding carboxylic acids is 1. The largest absolute Gasteiger partial charge is 0.348 e. The first kappa shape index (κ1) is 12.1. The predicted molar refractivity (Wildman–Crippen MR) is 68.5 cm³/mol. The Morgan fingerprint density at radius 3 is 2.47 bits per heavy atom. The molecule has 3 N–H and O–H groups in total. The Labute approximate surface area is 102 Å². The quantitative estimate of drug-likeness (QED) is 0.834. The Balaban J connectivity index is 2.06. The molecular formula is C14H20N2O. The normalized spacial score (nSPS) is 18.5. The third kappa shape index (κ3) is 2.67. The van der Waals surface area contributed by atoms with Crippen molar-refractivity contribution < 1.29 is 4.79 Å². The van der Waals surface area contributed by atoms with Gasteiger partial charge >= 0.3 is 0 Å². The second-order valence-electron chi connectivity index (χ2n) is 5.00. The fourth-order valence-corrected chi connectivity index (χ4v) is 1.88. The summed E-state index contributed by atoms with van der Waals surface area (Å²) < 4.78 is 0. The molecule has 1 aromatic carbocycles. The number of nitrogens with two attached hydrogens (primary N) is 1. The highest BCUT2D eigenvalue weighted by atomic mass is 16.2. The number of rotatable bonds is 4.